The number of hydrogen-bond acceptors (Lipinski definition) is 18. The third-order valence-electron chi connectivity index (χ3n) is 11.6. The maximum Gasteiger partial charge on any atom is 0.338 e. The van der Waals surface area contributed by atoms with Crippen LogP contribution in [0.3, 0.4) is 0 Å². The van der Waals surface area contributed by atoms with Crippen LogP contribution in [0.25, 0.3) is 75.2 Å². The van der Waals surface area contributed by atoms with Crippen LogP contribution in [0.15, 0.2) is 130 Å². The van der Waals surface area contributed by atoms with Gasteiger partial charge in [0, 0.05) is 33.2 Å². The average Bonchev–Trinajstić information content (AvgIpc) is 4.52. The third kappa shape index (κ3) is 13.2. The summed E-state index contributed by atoms with van der Waals surface area (Å²) in [6.07, 6.45) is 6.66. The minimum atomic E-state index is -0.498. The number of azide groups is 1. The van der Waals surface area contributed by atoms with Gasteiger partial charge in [-0.05, 0) is 96.9 Å². The molecule has 13 rings (SSSR count). The van der Waals surface area contributed by atoms with Gasteiger partial charge in [-0.3, -0.25) is 4.57 Å². The van der Waals surface area contributed by atoms with Gasteiger partial charge in [0.15, 0.2) is 12.3 Å². The fraction of sp³-hybridized carbons (Fsp3) is 0.140. The molecule has 18 nitrogen and oxygen atoms in total. The van der Waals surface area contributed by atoms with E-state index >= 15 is 0 Å². The Morgan fingerprint density at radius 3 is 1.91 bits per heavy atom. The Morgan fingerprint density at radius 1 is 0.696 bits per heavy atom. The number of halogens is 7. The molecule has 1 saturated heterocycles. The van der Waals surface area contributed by atoms with Crippen molar-refractivity contribution in [3.63, 3.8) is 0 Å². The van der Waals surface area contributed by atoms with Gasteiger partial charge in [0.25, 0.3) is 0 Å². The number of thiophene rings is 4. The fourth-order valence-corrected chi connectivity index (χ4v) is 12.7. The summed E-state index contributed by atoms with van der Waals surface area (Å²) in [7, 11) is 0. The largest absolute Gasteiger partial charge is 0.454 e. The number of ether oxygens (including phenoxy) is 2. The zero-order chi connectivity index (χ0) is 55.6. The predicted octanol–water partition coefficient (Wildman–Crippen LogP) is 17.4. The van der Waals surface area contributed by atoms with Crippen molar-refractivity contribution in [3.8, 4) is 22.3 Å². The van der Waals surface area contributed by atoms with Crippen LogP contribution in [0, 0.1) is 5.92 Å². The number of hydrogen-bond donors (Lipinski definition) is 1. The van der Waals surface area contributed by atoms with E-state index in [1.54, 1.807) is 46.1 Å². The first kappa shape index (κ1) is 57.5. The summed E-state index contributed by atoms with van der Waals surface area (Å²) in [6, 6.07) is 18.3. The number of carbonyl (C=O) groups is 1. The molecule has 0 spiro atoms. The van der Waals surface area contributed by atoms with Gasteiger partial charge < -0.3 is 14.5 Å². The molecule has 1 fully saturated rings. The summed E-state index contributed by atoms with van der Waals surface area (Å²) in [5.41, 5.74) is 13.5. The highest BCUT2D eigenvalue weighted by molar-refractivity contribution is 7.17. The van der Waals surface area contributed by atoms with Crippen molar-refractivity contribution in [3.05, 3.63) is 177 Å². The van der Waals surface area contributed by atoms with Gasteiger partial charge in [0.1, 0.15) is 94.5 Å². The third-order valence-corrected chi connectivity index (χ3v) is 16.6. The van der Waals surface area contributed by atoms with Crippen LogP contribution in [0.2, 0.25) is 36.1 Å². The minimum absolute atomic E-state index is 0.0254. The normalized spacial score (nSPS) is 15.5. The second-order valence-corrected chi connectivity index (χ2v) is 22.1. The molecule has 0 bridgehead atoms. The molecule has 12 aromatic rings. The molecule has 0 radical (unpaired) electrons. The lowest BCUT2D eigenvalue weighted by Gasteiger charge is -2.23. The number of H-pyrrole nitrogens is 1. The number of nitrogens with zero attached hydrogens (tertiary/aromatic N) is 14. The number of nitrogens with one attached hydrogen (secondary N) is 1. The minimum Gasteiger partial charge on any atom is -0.454 e. The summed E-state index contributed by atoms with van der Waals surface area (Å²) < 4.78 is 14.5. The number of fused-ring (bicyclic) bond motifs is 6. The zero-order valence-electron chi connectivity index (χ0n) is 40.4. The molecule has 12 heterocycles. The van der Waals surface area contributed by atoms with Crippen molar-refractivity contribution in [1.29, 1.82) is 0 Å². The van der Waals surface area contributed by atoms with Crippen LogP contribution in [0.1, 0.15) is 36.9 Å². The van der Waals surface area contributed by atoms with E-state index in [9.17, 15) is 4.79 Å². The van der Waals surface area contributed by atoms with Gasteiger partial charge in [-0.25, -0.2) is 54.6 Å². The monoisotopic (exact) mass is 1260 g/mol. The molecule has 0 amide bonds. The number of benzene rings is 1. The number of rotatable bonds is 7. The number of aromatic nitrogens is 12. The Kier molecular flexibility index (Phi) is 19.5. The second-order valence-electron chi connectivity index (χ2n) is 16.2. The SMILES string of the molecule is CC[C@H]1O[C@@H](n2c3ncnc(Cl)c3c3ccsc32)[C@H](OC(=O)c2ccccc2)[C@@H]1C.Clc1cc(Cl)ncn1.Clc1ncnc(Cl)c1-c1ccsc1.Clc1ncnc2[nH]c3sccc3c12.[N-]=[N+]=Nc1ncnc(Cl)c1-c1ccsc1. The van der Waals surface area contributed by atoms with E-state index < -0.39 is 12.3 Å². The van der Waals surface area contributed by atoms with E-state index in [-0.39, 0.29) is 29.0 Å². The number of aromatic amines is 1. The lowest BCUT2D eigenvalue weighted by Crippen LogP contribution is -2.30. The summed E-state index contributed by atoms with van der Waals surface area (Å²) in [5.74, 6) is -0.0855. The van der Waals surface area contributed by atoms with E-state index in [1.807, 2.05) is 79.3 Å². The quantitative estimate of drug-likeness (QED) is 0.0515. The average molecular weight is 1270 g/mol. The molecule has 1 aromatic carbocycles. The van der Waals surface area contributed by atoms with Gasteiger partial charge in [0.05, 0.1) is 28.0 Å². The van der Waals surface area contributed by atoms with Gasteiger partial charge in [-0.1, -0.05) is 113 Å². The van der Waals surface area contributed by atoms with Crippen LogP contribution in [-0.2, 0) is 9.47 Å². The molecule has 79 heavy (non-hydrogen) atoms. The summed E-state index contributed by atoms with van der Waals surface area (Å²) in [4.78, 5) is 60.2. The highest BCUT2D eigenvalue weighted by Crippen LogP contribution is 2.45. The Hall–Kier alpha value is -6.21. The highest BCUT2D eigenvalue weighted by atomic mass is 35.5. The van der Waals surface area contributed by atoms with Crippen LogP contribution in [-0.4, -0.2) is 77.6 Å². The van der Waals surface area contributed by atoms with Crippen LogP contribution < -0.4 is 0 Å². The van der Waals surface area contributed by atoms with E-state index in [2.05, 4.69) is 78.7 Å². The first-order valence-corrected chi connectivity index (χ1v) is 29.2. The smallest absolute Gasteiger partial charge is 0.338 e. The lowest BCUT2D eigenvalue weighted by atomic mass is 9.98. The molecule has 1 aliphatic rings. The number of carbonyl (C=O) groups excluding carboxylic acids is 1. The van der Waals surface area contributed by atoms with Crippen molar-refractivity contribution in [2.45, 2.75) is 38.7 Å². The van der Waals surface area contributed by atoms with Crippen molar-refractivity contribution in [2.24, 2.45) is 11.0 Å². The van der Waals surface area contributed by atoms with Crippen LogP contribution in [0.4, 0.5) is 5.82 Å². The van der Waals surface area contributed by atoms with E-state index in [4.69, 9.17) is 96.2 Å². The van der Waals surface area contributed by atoms with Crippen molar-refractivity contribution in [2.75, 3.05) is 0 Å². The zero-order valence-corrected chi connectivity index (χ0v) is 49.0. The second kappa shape index (κ2) is 26.8. The van der Waals surface area contributed by atoms with Gasteiger partial charge in [0.2, 0.25) is 0 Å². The maximum absolute atomic E-state index is 12.9. The summed E-state index contributed by atoms with van der Waals surface area (Å²) in [5, 5.41) is 21.7. The fourth-order valence-electron chi connectivity index (χ4n) is 8.08. The lowest BCUT2D eigenvalue weighted by molar-refractivity contribution is -0.0445. The van der Waals surface area contributed by atoms with Crippen molar-refractivity contribution < 1.29 is 14.3 Å². The standard InChI is InChI=1S/C22H20ClN3O3S.C8H4Cl2N2S.C8H4ClN5S.C8H4ClN3S.C4H2Cl2N2/c1-3-15-12(2)17(29-22(27)13-7-5-4-6-8-13)20(28-15)26-19-16(18(23)24-11-25-19)14-9-10-30-21(14)26;9-7-6(5-1-2-13-3-5)8(10)12-4-11-7;9-7-6(5-1-2-15-3-5)8(13-14-10)12-4-11-7;9-6-5-4-1-2-13-8(4)12-7(5)11-3-10-6;5-3-1-4(6)8-2-7-3/h4-12,15,17,20H,3H2,1-2H3;1-4H;1-4H;1-3H,(H,10,11,12);1-2H/t12-,15-,17-,20-;;;;/m1..../s1. The molecule has 4 atom stereocenters. The maximum atomic E-state index is 12.9. The molecular weight excluding hydrogens is 1240 g/mol. The molecular formula is C50H34Cl7N15O3S4. The summed E-state index contributed by atoms with van der Waals surface area (Å²) in [6.45, 7) is 4.14. The first-order valence-electron chi connectivity index (χ1n) is 22.9. The van der Waals surface area contributed by atoms with Gasteiger partial charge in [-0.15, -0.1) is 22.7 Å². The van der Waals surface area contributed by atoms with Crippen molar-refractivity contribution in [1.82, 2.24) is 59.4 Å². The number of esters is 1. The van der Waals surface area contributed by atoms with E-state index in [0.29, 0.717) is 53.3 Å². The molecule has 0 saturated carbocycles. The first-order chi connectivity index (χ1) is 38.4. The van der Waals surface area contributed by atoms with Gasteiger partial charge in [-0.2, -0.15) is 22.7 Å². The van der Waals surface area contributed by atoms with Gasteiger partial charge >= 0.3 is 5.97 Å². The van der Waals surface area contributed by atoms with Crippen LogP contribution in [0.5, 0.6) is 0 Å². The van der Waals surface area contributed by atoms with Crippen molar-refractivity contribution >= 4 is 181 Å². The van der Waals surface area contributed by atoms with Crippen LogP contribution >= 0.6 is 127 Å². The van der Waals surface area contributed by atoms with E-state index in [1.165, 1.54) is 49.0 Å². The molecule has 400 valence electrons. The topological polar surface area (TPSA) is 234 Å². The Morgan fingerprint density at radius 2 is 1.28 bits per heavy atom. The molecule has 1 N–H and O–H groups in total. The molecule has 29 heteroatoms. The summed E-state index contributed by atoms with van der Waals surface area (Å²) >= 11 is 47.2. The molecule has 11 aromatic heterocycles. The van der Waals surface area contributed by atoms with E-state index in [0.717, 1.165) is 54.4 Å². The Labute approximate surface area is 499 Å². The predicted molar refractivity (Wildman–Crippen MR) is 318 cm³/mol. The molecule has 0 unspecified atom stereocenters. The molecule has 0 aliphatic carbocycles. The molecule has 1 aliphatic heterocycles. The Balaban J connectivity index is 0.000000130. The highest BCUT2D eigenvalue weighted by Gasteiger charge is 2.46. The Bertz CT molecular complexity index is 4030.